The minimum Gasteiger partial charge on any atom is -0.396 e. The van der Waals surface area contributed by atoms with Crippen LogP contribution in [0, 0.1) is 5.92 Å². The molecule has 30 heavy (non-hydrogen) atoms. The van der Waals surface area contributed by atoms with Gasteiger partial charge in [-0.25, -0.2) is 0 Å². The Labute approximate surface area is 183 Å². The number of aliphatic imine (C=N–C) groups is 1. The Morgan fingerprint density at radius 1 is 1.00 bits per heavy atom. The van der Waals surface area contributed by atoms with E-state index in [1.165, 1.54) is 66.9 Å². The molecule has 0 bridgehead atoms. The Hall–Kier alpha value is -1.45. The van der Waals surface area contributed by atoms with Gasteiger partial charge in [-0.1, -0.05) is 45.9 Å². The second kappa shape index (κ2) is 8.59. The van der Waals surface area contributed by atoms with Crippen molar-refractivity contribution in [1.82, 2.24) is 4.90 Å². The number of rotatable bonds is 6. The van der Waals surface area contributed by atoms with Crippen LogP contribution in [0.4, 0.5) is 0 Å². The average Bonchev–Trinajstić information content (AvgIpc) is 3.22. The molecule has 2 aliphatic heterocycles. The number of piperidine rings is 1. The molecular weight excluding hydrogens is 368 g/mol. The molecule has 0 amide bonds. The van der Waals surface area contributed by atoms with Crippen molar-refractivity contribution in [3.63, 3.8) is 0 Å². The molecule has 0 atom stereocenters. The summed E-state index contributed by atoms with van der Waals surface area (Å²) in [5, 5.41) is 8.98. The van der Waals surface area contributed by atoms with Gasteiger partial charge in [-0.05, 0) is 91.7 Å². The van der Waals surface area contributed by atoms with Crippen molar-refractivity contribution in [2.45, 2.75) is 83.5 Å². The molecule has 4 rings (SSSR count). The lowest BCUT2D eigenvalue weighted by atomic mass is 9.63. The molecule has 0 unspecified atom stereocenters. The van der Waals surface area contributed by atoms with Crippen molar-refractivity contribution in [1.29, 1.82) is 0 Å². The van der Waals surface area contributed by atoms with E-state index >= 15 is 0 Å². The summed E-state index contributed by atoms with van der Waals surface area (Å²) in [4.78, 5) is 7.70. The van der Waals surface area contributed by atoms with Crippen molar-refractivity contribution in [3.8, 4) is 0 Å². The fourth-order valence-electron chi connectivity index (χ4n) is 5.56. The Kier molecular flexibility index (Phi) is 6.23. The van der Waals surface area contributed by atoms with E-state index in [0.29, 0.717) is 12.5 Å². The summed E-state index contributed by atoms with van der Waals surface area (Å²) in [5.41, 5.74) is 7.50. The molecule has 1 N–H and O–H groups in total. The first-order chi connectivity index (χ1) is 14.3. The topological polar surface area (TPSA) is 35.8 Å². The molecule has 3 heteroatoms. The lowest BCUT2D eigenvalue weighted by Gasteiger charge is -2.42. The number of unbranched alkanes of at least 4 members (excludes halogenated alkanes) is 1. The second-order valence-corrected chi connectivity index (χ2v) is 11.0. The third kappa shape index (κ3) is 4.43. The van der Waals surface area contributed by atoms with Crippen molar-refractivity contribution in [3.05, 3.63) is 46.7 Å². The predicted octanol–water partition coefficient (Wildman–Crippen LogP) is 5.60. The van der Waals surface area contributed by atoms with Crippen LogP contribution in [-0.2, 0) is 10.8 Å². The lowest BCUT2D eigenvalue weighted by molar-refractivity contribution is 0.188. The number of benzene rings is 1. The van der Waals surface area contributed by atoms with Crippen LogP contribution in [0.2, 0.25) is 0 Å². The Bertz CT molecular complexity index is 825. The highest BCUT2D eigenvalue weighted by Gasteiger charge is 2.37. The van der Waals surface area contributed by atoms with Crippen molar-refractivity contribution in [2.75, 3.05) is 26.2 Å². The number of aliphatic hydroxyl groups excluding tert-OH is 1. The highest BCUT2D eigenvalue weighted by atomic mass is 16.2. The first-order valence-corrected chi connectivity index (χ1v) is 12.1. The summed E-state index contributed by atoms with van der Waals surface area (Å²) >= 11 is 0. The molecule has 1 fully saturated rings. The summed E-state index contributed by atoms with van der Waals surface area (Å²) in [6.07, 6.45) is 10.3. The van der Waals surface area contributed by atoms with E-state index in [0.717, 1.165) is 25.8 Å². The zero-order valence-corrected chi connectivity index (χ0v) is 19.5. The van der Waals surface area contributed by atoms with E-state index < -0.39 is 0 Å². The standard InChI is InChI=1S/C27H40N2O/c1-26(2)13-14-27(3,4)23-19-21(7-8-22(23)26)25-10-9-24(28-25)20-11-16-29(17-12-20)15-5-6-18-30/h7-9,19-20,30H,5-6,10-18H2,1-4H3. The van der Waals surface area contributed by atoms with Crippen LogP contribution in [-0.4, -0.2) is 42.0 Å². The molecule has 3 aliphatic rings. The largest absolute Gasteiger partial charge is 0.396 e. The summed E-state index contributed by atoms with van der Waals surface area (Å²) in [6, 6.07) is 7.16. The summed E-state index contributed by atoms with van der Waals surface area (Å²) in [5.74, 6) is 0.615. The van der Waals surface area contributed by atoms with Crippen LogP contribution in [0.5, 0.6) is 0 Å². The number of allylic oxidation sites excluding steroid dienone is 2. The van der Waals surface area contributed by atoms with Crippen LogP contribution in [0.25, 0.3) is 0 Å². The average molecular weight is 409 g/mol. The van der Waals surface area contributed by atoms with Crippen LogP contribution < -0.4 is 0 Å². The van der Waals surface area contributed by atoms with Gasteiger partial charge in [0.1, 0.15) is 0 Å². The fraction of sp³-hybridized carbons (Fsp3) is 0.667. The lowest BCUT2D eigenvalue weighted by Crippen LogP contribution is -2.34. The summed E-state index contributed by atoms with van der Waals surface area (Å²) in [6.45, 7) is 13.4. The summed E-state index contributed by atoms with van der Waals surface area (Å²) < 4.78 is 0. The maximum absolute atomic E-state index is 8.98. The maximum Gasteiger partial charge on any atom is 0.0517 e. The fourth-order valence-corrected chi connectivity index (χ4v) is 5.56. The Balaban J connectivity index is 1.44. The zero-order valence-electron chi connectivity index (χ0n) is 19.5. The first kappa shape index (κ1) is 21.8. The molecule has 164 valence electrons. The highest BCUT2D eigenvalue weighted by molar-refractivity contribution is 6.03. The monoisotopic (exact) mass is 408 g/mol. The van der Waals surface area contributed by atoms with E-state index in [9.17, 15) is 0 Å². The smallest absolute Gasteiger partial charge is 0.0517 e. The molecule has 3 nitrogen and oxygen atoms in total. The van der Waals surface area contributed by atoms with Crippen LogP contribution in [0.15, 0.2) is 35.0 Å². The minimum atomic E-state index is 0.249. The molecule has 1 saturated heterocycles. The molecule has 1 aromatic rings. The van der Waals surface area contributed by atoms with E-state index in [2.05, 4.69) is 56.9 Å². The van der Waals surface area contributed by atoms with Gasteiger partial charge in [0.2, 0.25) is 0 Å². The SMILES string of the molecule is CC1(C)CCC(C)(C)c2cc(C3=NC(C4CCN(CCCCO)CC4)=CC3)ccc21. The molecule has 0 aromatic heterocycles. The second-order valence-electron chi connectivity index (χ2n) is 11.0. The molecule has 1 aliphatic carbocycles. The van der Waals surface area contributed by atoms with Crippen LogP contribution in [0.3, 0.4) is 0 Å². The van der Waals surface area contributed by atoms with E-state index in [1.54, 1.807) is 0 Å². The number of hydrogen-bond acceptors (Lipinski definition) is 3. The van der Waals surface area contributed by atoms with Gasteiger partial charge < -0.3 is 10.0 Å². The molecular formula is C27H40N2O. The Morgan fingerprint density at radius 3 is 2.40 bits per heavy atom. The van der Waals surface area contributed by atoms with Gasteiger partial charge in [-0.15, -0.1) is 0 Å². The van der Waals surface area contributed by atoms with Crippen molar-refractivity contribution < 1.29 is 5.11 Å². The van der Waals surface area contributed by atoms with Crippen molar-refractivity contribution >= 4 is 5.71 Å². The number of nitrogens with zero attached hydrogens (tertiary/aromatic N) is 2. The zero-order chi connectivity index (χ0) is 21.4. The van der Waals surface area contributed by atoms with Gasteiger partial charge in [-0.3, -0.25) is 4.99 Å². The van der Waals surface area contributed by atoms with Gasteiger partial charge in [0.25, 0.3) is 0 Å². The normalized spacial score (nSPS) is 23.8. The summed E-state index contributed by atoms with van der Waals surface area (Å²) in [7, 11) is 0. The van der Waals surface area contributed by atoms with Crippen LogP contribution in [0.1, 0.15) is 89.3 Å². The van der Waals surface area contributed by atoms with E-state index in [-0.39, 0.29) is 10.8 Å². The highest BCUT2D eigenvalue weighted by Crippen LogP contribution is 2.46. The predicted molar refractivity (Wildman–Crippen MR) is 126 cm³/mol. The van der Waals surface area contributed by atoms with Gasteiger partial charge >= 0.3 is 0 Å². The van der Waals surface area contributed by atoms with Crippen LogP contribution >= 0.6 is 0 Å². The van der Waals surface area contributed by atoms with E-state index in [1.807, 2.05) is 0 Å². The third-order valence-corrected chi connectivity index (χ3v) is 7.84. The number of hydrogen-bond donors (Lipinski definition) is 1. The van der Waals surface area contributed by atoms with Gasteiger partial charge in [-0.2, -0.15) is 0 Å². The number of fused-ring (bicyclic) bond motifs is 1. The minimum absolute atomic E-state index is 0.249. The molecule has 2 heterocycles. The number of likely N-dealkylation sites (tertiary alicyclic amines) is 1. The van der Waals surface area contributed by atoms with Gasteiger partial charge in [0.05, 0.1) is 5.71 Å². The first-order valence-electron chi connectivity index (χ1n) is 12.1. The molecule has 0 saturated carbocycles. The Morgan fingerprint density at radius 2 is 1.70 bits per heavy atom. The number of aliphatic hydroxyl groups is 1. The molecule has 0 spiro atoms. The van der Waals surface area contributed by atoms with E-state index in [4.69, 9.17) is 10.1 Å². The molecule has 1 aromatic carbocycles. The quantitative estimate of drug-likeness (QED) is 0.622. The third-order valence-electron chi connectivity index (χ3n) is 7.84. The van der Waals surface area contributed by atoms with Gasteiger partial charge in [0.15, 0.2) is 0 Å². The molecule has 0 radical (unpaired) electrons. The van der Waals surface area contributed by atoms with Crippen molar-refractivity contribution in [2.24, 2.45) is 10.9 Å². The van der Waals surface area contributed by atoms with Gasteiger partial charge in [0, 0.05) is 24.6 Å². The maximum atomic E-state index is 8.98.